The summed E-state index contributed by atoms with van der Waals surface area (Å²) in [5, 5.41) is 13.8. The number of para-hydroxylation sites is 1. The number of anilines is 1. The van der Waals surface area contributed by atoms with E-state index >= 15 is 0 Å². The molecule has 0 saturated heterocycles. The molecule has 2 N–H and O–H groups in total. The number of benzene rings is 1. The molecule has 4 rings (SSSR count). The summed E-state index contributed by atoms with van der Waals surface area (Å²) < 4.78 is 0. The van der Waals surface area contributed by atoms with Gasteiger partial charge in [0.2, 0.25) is 0 Å². The highest BCUT2D eigenvalue weighted by molar-refractivity contribution is 5.64. The van der Waals surface area contributed by atoms with Crippen LogP contribution in [-0.2, 0) is 6.54 Å². The van der Waals surface area contributed by atoms with Crippen LogP contribution < -0.4 is 10.2 Å². The van der Waals surface area contributed by atoms with Crippen LogP contribution in [0.5, 0.6) is 0 Å². The second kappa shape index (κ2) is 3.97. The van der Waals surface area contributed by atoms with Crippen LogP contribution in [0.15, 0.2) is 18.2 Å². The molecule has 0 bridgehead atoms. The number of hydrogen-bond donors (Lipinski definition) is 2. The van der Waals surface area contributed by atoms with Crippen LogP contribution in [0.25, 0.3) is 0 Å². The van der Waals surface area contributed by atoms with Gasteiger partial charge in [0.25, 0.3) is 0 Å². The molecule has 3 heteroatoms. The first-order valence-corrected chi connectivity index (χ1v) is 7.10. The zero-order valence-corrected chi connectivity index (χ0v) is 10.6. The van der Waals surface area contributed by atoms with Gasteiger partial charge < -0.3 is 15.3 Å². The van der Waals surface area contributed by atoms with Gasteiger partial charge in [-0.1, -0.05) is 18.2 Å². The summed E-state index contributed by atoms with van der Waals surface area (Å²) in [6.07, 6.45) is 2.03. The molecule has 1 fully saturated rings. The zero-order valence-electron chi connectivity index (χ0n) is 10.6. The fourth-order valence-electron chi connectivity index (χ4n) is 4.15. The fraction of sp³-hybridized carbons (Fsp3) is 0.600. The standard InChI is InChI=1S/C15H20N2O/c18-13-5-4-11-9-17-7-6-16-8-10-2-1-3-12(14(11)13)15(10)17/h1-3,11,13-14,16,18H,4-9H2. The Morgan fingerprint density at radius 2 is 2.22 bits per heavy atom. The van der Waals surface area contributed by atoms with Crippen LogP contribution in [0.3, 0.4) is 0 Å². The van der Waals surface area contributed by atoms with Crippen molar-refractivity contribution in [1.82, 2.24) is 5.32 Å². The van der Waals surface area contributed by atoms with E-state index in [1.54, 1.807) is 0 Å². The molecule has 3 atom stereocenters. The maximum Gasteiger partial charge on any atom is 0.0613 e. The van der Waals surface area contributed by atoms with Gasteiger partial charge in [0.1, 0.15) is 0 Å². The molecule has 3 aliphatic rings. The highest BCUT2D eigenvalue weighted by atomic mass is 16.3. The minimum atomic E-state index is -0.125. The van der Waals surface area contributed by atoms with Crippen molar-refractivity contribution in [2.75, 3.05) is 24.5 Å². The Labute approximate surface area is 108 Å². The molecule has 3 nitrogen and oxygen atoms in total. The van der Waals surface area contributed by atoms with E-state index in [1.165, 1.54) is 23.2 Å². The number of aliphatic hydroxyl groups is 1. The third kappa shape index (κ3) is 1.44. The topological polar surface area (TPSA) is 35.5 Å². The van der Waals surface area contributed by atoms with Crippen molar-refractivity contribution in [3.05, 3.63) is 29.3 Å². The van der Waals surface area contributed by atoms with Crippen molar-refractivity contribution >= 4 is 5.69 Å². The molecule has 1 aromatic rings. The number of rotatable bonds is 0. The van der Waals surface area contributed by atoms with Gasteiger partial charge in [-0.3, -0.25) is 0 Å². The maximum absolute atomic E-state index is 10.3. The van der Waals surface area contributed by atoms with Crippen LogP contribution in [0.1, 0.15) is 29.9 Å². The summed E-state index contributed by atoms with van der Waals surface area (Å²) in [7, 11) is 0. The van der Waals surface area contributed by atoms with Crippen molar-refractivity contribution in [2.24, 2.45) is 5.92 Å². The van der Waals surface area contributed by atoms with Crippen LogP contribution in [-0.4, -0.2) is 30.8 Å². The quantitative estimate of drug-likeness (QED) is 0.725. The van der Waals surface area contributed by atoms with Gasteiger partial charge in [0.15, 0.2) is 0 Å². The molecular formula is C15H20N2O. The Kier molecular flexibility index (Phi) is 2.39. The molecule has 0 radical (unpaired) electrons. The minimum Gasteiger partial charge on any atom is -0.392 e. The monoisotopic (exact) mass is 244 g/mol. The Balaban J connectivity index is 1.88. The van der Waals surface area contributed by atoms with E-state index in [0.29, 0.717) is 11.8 Å². The van der Waals surface area contributed by atoms with Crippen molar-refractivity contribution < 1.29 is 5.11 Å². The van der Waals surface area contributed by atoms with Gasteiger partial charge >= 0.3 is 0 Å². The van der Waals surface area contributed by atoms with Crippen molar-refractivity contribution in [2.45, 2.75) is 31.4 Å². The Morgan fingerprint density at radius 1 is 1.28 bits per heavy atom. The van der Waals surface area contributed by atoms with Gasteiger partial charge in [0, 0.05) is 37.8 Å². The van der Waals surface area contributed by atoms with Gasteiger partial charge in [0.05, 0.1) is 6.10 Å². The average molecular weight is 244 g/mol. The Hall–Kier alpha value is -1.06. The molecule has 0 amide bonds. The first-order valence-electron chi connectivity index (χ1n) is 7.10. The number of hydrogen-bond acceptors (Lipinski definition) is 3. The second-order valence-electron chi connectivity index (χ2n) is 5.91. The van der Waals surface area contributed by atoms with Crippen LogP contribution in [0, 0.1) is 5.92 Å². The second-order valence-corrected chi connectivity index (χ2v) is 5.91. The average Bonchev–Trinajstić information content (AvgIpc) is 2.63. The van der Waals surface area contributed by atoms with E-state index in [2.05, 4.69) is 28.4 Å². The first kappa shape index (κ1) is 10.8. The fourth-order valence-corrected chi connectivity index (χ4v) is 4.15. The highest BCUT2D eigenvalue weighted by Gasteiger charge is 2.42. The molecule has 1 saturated carbocycles. The molecular weight excluding hydrogens is 224 g/mol. The molecule has 1 aliphatic carbocycles. The summed E-state index contributed by atoms with van der Waals surface area (Å²) in [4.78, 5) is 2.55. The predicted molar refractivity (Wildman–Crippen MR) is 71.8 cm³/mol. The lowest BCUT2D eigenvalue weighted by molar-refractivity contribution is 0.153. The zero-order chi connectivity index (χ0) is 12.1. The highest BCUT2D eigenvalue weighted by Crippen LogP contribution is 2.48. The summed E-state index contributed by atoms with van der Waals surface area (Å²) >= 11 is 0. The van der Waals surface area contributed by atoms with Gasteiger partial charge in [-0.05, 0) is 29.9 Å². The lowest BCUT2D eigenvalue weighted by Gasteiger charge is -2.39. The largest absolute Gasteiger partial charge is 0.392 e. The number of fused-ring (bicyclic) bond motifs is 2. The molecule has 3 unspecified atom stereocenters. The maximum atomic E-state index is 10.3. The summed E-state index contributed by atoms with van der Waals surface area (Å²) in [6.45, 7) is 4.26. The number of nitrogens with zero attached hydrogens (tertiary/aromatic N) is 1. The smallest absolute Gasteiger partial charge is 0.0613 e. The predicted octanol–water partition coefficient (Wildman–Crippen LogP) is 1.46. The van der Waals surface area contributed by atoms with Crippen molar-refractivity contribution in [3.63, 3.8) is 0 Å². The summed E-state index contributed by atoms with van der Waals surface area (Å²) in [5.41, 5.74) is 4.23. The van der Waals surface area contributed by atoms with E-state index in [9.17, 15) is 5.11 Å². The number of aliphatic hydroxyl groups excluding tert-OH is 1. The van der Waals surface area contributed by atoms with Crippen LogP contribution >= 0.6 is 0 Å². The van der Waals surface area contributed by atoms with Crippen molar-refractivity contribution in [3.8, 4) is 0 Å². The minimum absolute atomic E-state index is 0.125. The van der Waals surface area contributed by atoms with Crippen LogP contribution in [0.2, 0.25) is 0 Å². The van der Waals surface area contributed by atoms with E-state index in [1.807, 2.05) is 0 Å². The Bertz CT molecular complexity index is 474. The SMILES string of the molecule is OC1CCC2CN3CCNCc4cccc(c43)C12. The van der Waals surface area contributed by atoms with E-state index in [4.69, 9.17) is 0 Å². The third-order valence-corrected chi connectivity index (χ3v) is 4.91. The first-order chi connectivity index (χ1) is 8.84. The van der Waals surface area contributed by atoms with Gasteiger partial charge in [-0.2, -0.15) is 0 Å². The van der Waals surface area contributed by atoms with Crippen molar-refractivity contribution in [1.29, 1.82) is 0 Å². The summed E-state index contributed by atoms with van der Waals surface area (Å²) in [6, 6.07) is 6.63. The van der Waals surface area contributed by atoms with Crippen LogP contribution in [0.4, 0.5) is 5.69 Å². The molecule has 18 heavy (non-hydrogen) atoms. The molecule has 96 valence electrons. The normalized spacial score (nSPS) is 33.8. The van der Waals surface area contributed by atoms with Gasteiger partial charge in [-0.25, -0.2) is 0 Å². The molecule has 0 spiro atoms. The number of nitrogens with one attached hydrogen (secondary N) is 1. The Morgan fingerprint density at radius 3 is 3.17 bits per heavy atom. The molecule has 2 heterocycles. The van der Waals surface area contributed by atoms with Gasteiger partial charge in [-0.15, -0.1) is 0 Å². The molecule has 2 aliphatic heterocycles. The van der Waals surface area contributed by atoms with E-state index < -0.39 is 0 Å². The molecule has 1 aromatic carbocycles. The third-order valence-electron chi connectivity index (χ3n) is 4.91. The van der Waals surface area contributed by atoms with E-state index in [0.717, 1.165) is 32.6 Å². The van der Waals surface area contributed by atoms with E-state index in [-0.39, 0.29) is 6.10 Å². The lowest BCUT2D eigenvalue weighted by atomic mass is 9.81. The molecule has 0 aromatic heterocycles. The summed E-state index contributed by atoms with van der Waals surface area (Å²) in [5.74, 6) is 1.04. The lowest BCUT2D eigenvalue weighted by Crippen LogP contribution is -2.39.